The number of benzene rings is 1. The van der Waals surface area contributed by atoms with E-state index in [0.717, 1.165) is 43.7 Å². The van der Waals surface area contributed by atoms with Crippen molar-refractivity contribution in [2.45, 2.75) is 50.0 Å². The summed E-state index contributed by atoms with van der Waals surface area (Å²) in [7, 11) is 1.94. The predicted molar refractivity (Wildman–Crippen MR) is 109 cm³/mol. The topological polar surface area (TPSA) is 30.2 Å². The Morgan fingerprint density at radius 3 is 2.82 bits per heavy atom. The number of amides is 1. The van der Waals surface area contributed by atoms with Gasteiger partial charge in [-0.3, -0.25) is 4.79 Å². The van der Waals surface area contributed by atoms with Gasteiger partial charge in [-0.25, -0.2) is 4.39 Å². The largest absolute Gasteiger partial charge is 0.342 e. The van der Waals surface area contributed by atoms with Crippen LogP contribution in [0.15, 0.2) is 18.2 Å². The quantitative estimate of drug-likeness (QED) is 0.692. The summed E-state index contributed by atoms with van der Waals surface area (Å²) in [4.78, 5) is 14.9. The van der Waals surface area contributed by atoms with Gasteiger partial charge < -0.3 is 14.0 Å². The first-order valence-electron chi connectivity index (χ1n) is 9.94. The first-order valence-corrected chi connectivity index (χ1v) is 10.7. The molecule has 0 N–H and O–H groups in total. The fraction of sp³-hybridized carbons (Fsp3) is 0.524. The second kappa shape index (κ2) is 6.42. The number of carbonyl (C=O) groups is 1. The number of hydrogen-bond acceptors (Lipinski definition) is 2. The lowest BCUT2D eigenvalue weighted by atomic mass is 9.93. The molecule has 3 aliphatic rings. The fourth-order valence-electron chi connectivity index (χ4n) is 5.26. The summed E-state index contributed by atoms with van der Waals surface area (Å²) < 4.78 is 19.4. The van der Waals surface area contributed by atoms with Crippen molar-refractivity contribution in [3.63, 3.8) is 0 Å². The Labute approximate surface area is 173 Å². The minimum atomic E-state index is -0.269. The monoisotopic (exact) mass is 419 g/mol. The summed E-state index contributed by atoms with van der Waals surface area (Å²) >= 11 is 11.8. The molecule has 1 aromatic carbocycles. The van der Waals surface area contributed by atoms with Gasteiger partial charge in [0.05, 0.1) is 6.42 Å². The van der Waals surface area contributed by atoms with E-state index in [1.54, 1.807) is 12.1 Å². The lowest BCUT2D eigenvalue weighted by Gasteiger charge is -2.27. The average molecular weight is 420 g/mol. The zero-order chi connectivity index (χ0) is 19.6. The fourth-order valence-corrected chi connectivity index (χ4v) is 5.70. The third-order valence-corrected chi connectivity index (χ3v) is 7.58. The Hall–Kier alpha value is -1.66. The predicted octanol–water partition coefficient (Wildman–Crippen LogP) is 4.34. The van der Waals surface area contributed by atoms with Crippen molar-refractivity contribution in [2.24, 2.45) is 7.05 Å². The normalized spacial score (nSPS) is 25.5. The van der Waals surface area contributed by atoms with E-state index < -0.39 is 0 Å². The Balaban J connectivity index is 1.49. The summed E-state index contributed by atoms with van der Waals surface area (Å²) in [6.07, 6.45) is 4.61. The van der Waals surface area contributed by atoms with Crippen LogP contribution in [0.5, 0.6) is 0 Å². The van der Waals surface area contributed by atoms with E-state index in [0.29, 0.717) is 28.3 Å². The van der Waals surface area contributed by atoms with Gasteiger partial charge in [0, 0.05) is 54.4 Å². The molecule has 0 unspecified atom stereocenters. The summed E-state index contributed by atoms with van der Waals surface area (Å²) in [5, 5.41) is 0.553. The van der Waals surface area contributed by atoms with Crippen LogP contribution in [-0.2, 0) is 30.2 Å². The van der Waals surface area contributed by atoms with E-state index in [1.165, 1.54) is 12.5 Å². The molecule has 1 amide bonds. The molecule has 1 saturated carbocycles. The van der Waals surface area contributed by atoms with E-state index in [-0.39, 0.29) is 23.1 Å². The molecule has 2 aromatic rings. The minimum absolute atomic E-state index is 0.172. The molecule has 3 heterocycles. The number of piperidine rings is 1. The van der Waals surface area contributed by atoms with Crippen LogP contribution >= 0.6 is 23.8 Å². The van der Waals surface area contributed by atoms with Crippen molar-refractivity contribution in [1.82, 2.24) is 14.0 Å². The summed E-state index contributed by atoms with van der Waals surface area (Å²) in [5.74, 6) is 0.164. The van der Waals surface area contributed by atoms with Crippen molar-refractivity contribution >= 4 is 29.7 Å². The maximum Gasteiger partial charge on any atom is 0.228 e. The lowest BCUT2D eigenvalue weighted by molar-refractivity contribution is -0.131. The number of aromatic nitrogens is 2. The Bertz CT molecular complexity index is 1040. The number of likely N-dealkylation sites (tertiary alicyclic amines) is 1. The molecule has 1 saturated heterocycles. The molecule has 4 nitrogen and oxygen atoms in total. The third-order valence-electron chi connectivity index (χ3n) is 6.85. The van der Waals surface area contributed by atoms with Gasteiger partial charge in [0.1, 0.15) is 5.82 Å². The third kappa shape index (κ3) is 2.61. The van der Waals surface area contributed by atoms with Crippen LogP contribution in [0.1, 0.15) is 48.6 Å². The highest BCUT2D eigenvalue weighted by atomic mass is 35.5. The van der Waals surface area contributed by atoms with Crippen LogP contribution in [-0.4, -0.2) is 33.0 Å². The number of halogens is 2. The van der Waals surface area contributed by atoms with Crippen LogP contribution in [0.3, 0.4) is 0 Å². The minimum Gasteiger partial charge on any atom is -0.342 e. The van der Waals surface area contributed by atoms with E-state index in [1.807, 2.05) is 16.5 Å². The van der Waals surface area contributed by atoms with Gasteiger partial charge in [0.15, 0.2) is 4.77 Å². The average Bonchev–Trinajstić information content (AvgIpc) is 3.26. The van der Waals surface area contributed by atoms with Crippen LogP contribution < -0.4 is 0 Å². The highest BCUT2D eigenvalue weighted by molar-refractivity contribution is 7.71. The molecule has 7 heteroatoms. The Morgan fingerprint density at radius 2 is 2.07 bits per heavy atom. The van der Waals surface area contributed by atoms with Gasteiger partial charge in [0.2, 0.25) is 5.91 Å². The first kappa shape index (κ1) is 18.4. The molecule has 2 fully saturated rings. The van der Waals surface area contributed by atoms with Gasteiger partial charge >= 0.3 is 0 Å². The molecule has 148 valence electrons. The zero-order valence-electron chi connectivity index (χ0n) is 15.9. The first-order chi connectivity index (χ1) is 13.4. The number of fused-ring (bicyclic) bond motifs is 3. The van der Waals surface area contributed by atoms with Gasteiger partial charge in [-0.1, -0.05) is 11.6 Å². The molecule has 1 aliphatic carbocycles. The summed E-state index contributed by atoms with van der Waals surface area (Å²) in [6, 6.07) is 4.79. The smallest absolute Gasteiger partial charge is 0.228 e. The van der Waals surface area contributed by atoms with Crippen molar-refractivity contribution in [1.29, 1.82) is 0 Å². The van der Waals surface area contributed by atoms with Crippen LogP contribution in [0, 0.1) is 10.6 Å². The van der Waals surface area contributed by atoms with Crippen molar-refractivity contribution in [2.75, 3.05) is 13.1 Å². The standard InChI is InChI=1S/C21H23ClFN3OS/c1-24-17(10-18(27)25-7-3-2-4-8-25)19-15-11-21(15,12-26(19)20(24)28)14-9-13(22)5-6-16(14)23/h5-6,9,15H,2-4,7-8,10-12H2,1H3/t15-,21+/m0/s1. The molecular weight excluding hydrogens is 397 g/mol. The van der Waals surface area contributed by atoms with Crippen LogP contribution in [0.2, 0.25) is 5.02 Å². The Kier molecular flexibility index (Phi) is 4.22. The second-order valence-corrected chi connectivity index (χ2v) is 9.22. The van der Waals surface area contributed by atoms with Gasteiger partial charge in [-0.05, 0) is 61.7 Å². The molecule has 0 radical (unpaired) electrons. The van der Waals surface area contributed by atoms with Crippen molar-refractivity contribution in [3.8, 4) is 0 Å². The molecule has 0 spiro atoms. The van der Waals surface area contributed by atoms with Crippen LogP contribution in [0.25, 0.3) is 0 Å². The molecule has 2 aliphatic heterocycles. The highest BCUT2D eigenvalue weighted by Gasteiger charge is 2.63. The molecule has 2 atom stereocenters. The SMILES string of the molecule is Cn1c(CC(=O)N2CCCCC2)c2n(c1=S)C[C@@]1(c3cc(Cl)ccc3F)C[C@@H]21. The zero-order valence-corrected chi connectivity index (χ0v) is 17.5. The Morgan fingerprint density at radius 1 is 1.32 bits per heavy atom. The van der Waals surface area contributed by atoms with Crippen molar-refractivity contribution in [3.05, 3.63) is 50.8 Å². The van der Waals surface area contributed by atoms with Crippen LogP contribution in [0.4, 0.5) is 4.39 Å². The number of hydrogen-bond donors (Lipinski definition) is 0. The lowest BCUT2D eigenvalue weighted by Crippen LogP contribution is -2.37. The number of carbonyl (C=O) groups excluding carboxylic acids is 1. The van der Waals surface area contributed by atoms with Gasteiger partial charge in [-0.15, -0.1) is 0 Å². The molecule has 0 bridgehead atoms. The molecule has 5 rings (SSSR count). The molecular formula is C21H23ClFN3OS. The number of nitrogens with zero attached hydrogens (tertiary/aromatic N) is 3. The van der Waals surface area contributed by atoms with E-state index in [9.17, 15) is 9.18 Å². The maximum atomic E-state index is 14.6. The number of imidazole rings is 1. The molecule has 1 aromatic heterocycles. The van der Waals surface area contributed by atoms with Gasteiger partial charge in [-0.2, -0.15) is 0 Å². The van der Waals surface area contributed by atoms with Crippen molar-refractivity contribution < 1.29 is 9.18 Å². The summed E-state index contributed by atoms with van der Waals surface area (Å²) in [6.45, 7) is 2.36. The second-order valence-electron chi connectivity index (χ2n) is 8.41. The highest BCUT2D eigenvalue weighted by Crippen LogP contribution is 2.66. The van der Waals surface area contributed by atoms with Gasteiger partial charge in [0.25, 0.3) is 0 Å². The summed E-state index contributed by atoms with van der Waals surface area (Å²) in [5.41, 5.74) is 2.53. The van der Waals surface area contributed by atoms with E-state index in [4.69, 9.17) is 23.8 Å². The van der Waals surface area contributed by atoms with E-state index in [2.05, 4.69) is 4.57 Å². The molecule has 28 heavy (non-hydrogen) atoms. The maximum absolute atomic E-state index is 14.6. The number of rotatable bonds is 3. The van der Waals surface area contributed by atoms with E-state index >= 15 is 0 Å².